The van der Waals surface area contributed by atoms with Crippen molar-refractivity contribution < 1.29 is 24.3 Å². The molecule has 0 aliphatic carbocycles. The van der Waals surface area contributed by atoms with Gasteiger partial charge in [0.2, 0.25) is 0 Å². The Balaban J connectivity index is 2.72. The maximum absolute atomic E-state index is 12.0. The van der Waals surface area contributed by atoms with Crippen LogP contribution in [-0.4, -0.2) is 49.4 Å². The van der Waals surface area contributed by atoms with Gasteiger partial charge in [0.25, 0.3) is 11.6 Å². The van der Waals surface area contributed by atoms with Crippen LogP contribution in [-0.2, 0) is 4.74 Å². The molecule has 0 saturated carbocycles. The Hall–Kier alpha value is -2.19. The third-order valence-electron chi connectivity index (χ3n) is 2.76. The molecule has 0 aliphatic heterocycles. The lowest BCUT2D eigenvalue weighted by molar-refractivity contribution is -0.384. The minimum Gasteiger partial charge on any atom is -0.496 e. The number of amides is 1. The number of aliphatic hydroxyl groups is 1. The first-order valence-corrected chi connectivity index (χ1v) is 6.27. The topological polar surface area (TPSA) is 111 Å². The van der Waals surface area contributed by atoms with Crippen molar-refractivity contribution in [3.05, 3.63) is 33.9 Å². The number of non-ortho nitro benzene ring substituents is 1. The maximum atomic E-state index is 12.0. The normalized spacial score (nSPS) is 11.8. The van der Waals surface area contributed by atoms with Gasteiger partial charge in [-0.1, -0.05) is 0 Å². The van der Waals surface area contributed by atoms with E-state index < -0.39 is 16.9 Å². The van der Waals surface area contributed by atoms with Crippen molar-refractivity contribution in [1.29, 1.82) is 0 Å². The van der Waals surface area contributed by atoms with E-state index in [1.807, 2.05) is 0 Å². The van der Waals surface area contributed by atoms with Crippen LogP contribution < -0.4 is 10.1 Å². The summed E-state index contributed by atoms with van der Waals surface area (Å²) in [6.07, 6.45) is -0.362. The number of nitro groups is 1. The molecule has 0 saturated heterocycles. The zero-order chi connectivity index (χ0) is 15.8. The molecule has 1 unspecified atom stereocenters. The van der Waals surface area contributed by atoms with Gasteiger partial charge in [0.1, 0.15) is 5.75 Å². The fourth-order valence-corrected chi connectivity index (χ4v) is 1.71. The standard InChI is InChI=1S/C13H18N2O6/c1-20-8-10(16)5-6-14-13(17)11-7-9(15(18)19)3-4-12(11)21-2/h3-4,7,10,16H,5-6,8H2,1-2H3,(H,14,17). The minimum absolute atomic E-state index is 0.0768. The molecule has 0 bridgehead atoms. The molecule has 1 rings (SSSR count). The number of nitrogens with one attached hydrogen (secondary N) is 1. The quantitative estimate of drug-likeness (QED) is 0.540. The molecule has 0 aliphatic rings. The van der Waals surface area contributed by atoms with Gasteiger partial charge in [0, 0.05) is 25.8 Å². The number of nitro benzene ring substituents is 1. The number of hydrogen-bond acceptors (Lipinski definition) is 6. The zero-order valence-corrected chi connectivity index (χ0v) is 11.9. The number of carbonyl (C=O) groups excluding carboxylic acids is 1. The largest absolute Gasteiger partial charge is 0.496 e. The fraction of sp³-hybridized carbons (Fsp3) is 0.462. The summed E-state index contributed by atoms with van der Waals surface area (Å²) in [5.74, 6) is -0.254. The second-order valence-electron chi connectivity index (χ2n) is 4.30. The Morgan fingerprint density at radius 3 is 2.76 bits per heavy atom. The molecule has 0 heterocycles. The highest BCUT2D eigenvalue weighted by molar-refractivity contribution is 5.97. The summed E-state index contributed by atoms with van der Waals surface area (Å²) in [5.41, 5.74) is -0.117. The van der Waals surface area contributed by atoms with Crippen molar-refractivity contribution in [1.82, 2.24) is 5.32 Å². The van der Waals surface area contributed by atoms with Gasteiger partial charge in [-0.25, -0.2) is 0 Å². The summed E-state index contributed by atoms with van der Waals surface area (Å²) in [6.45, 7) is 0.394. The third-order valence-corrected chi connectivity index (χ3v) is 2.76. The Bertz CT molecular complexity index is 505. The number of methoxy groups -OCH3 is 2. The molecule has 1 aromatic carbocycles. The third kappa shape index (κ3) is 5.01. The summed E-state index contributed by atoms with van der Waals surface area (Å²) < 4.78 is 9.78. The Kier molecular flexibility index (Phi) is 6.57. The fourth-order valence-electron chi connectivity index (χ4n) is 1.71. The van der Waals surface area contributed by atoms with Crippen LogP contribution in [0.1, 0.15) is 16.8 Å². The molecule has 0 spiro atoms. The smallest absolute Gasteiger partial charge is 0.270 e. The second-order valence-corrected chi connectivity index (χ2v) is 4.30. The first kappa shape index (κ1) is 16.9. The molecule has 1 atom stereocenters. The summed E-state index contributed by atoms with van der Waals surface area (Å²) in [7, 11) is 2.84. The van der Waals surface area contributed by atoms with Crippen LogP contribution in [0.4, 0.5) is 5.69 Å². The highest BCUT2D eigenvalue weighted by Crippen LogP contribution is 2.23. The first-order valence-electron chi connectivity index (χ1n) is 6.27. The van der Waals surface area contributed by atoms with E-state index in [1.165, 1.54) is 26.4 Å². The number of hydrogen-bond donors (Lipinski definition) is 2. The Morgan fingerprint density at radius 1 is 1.48 bits per heavy atom. The van der Waals surface area contributed by atoms with Gasteiger partial charge in [0.15, 0.2) is 0 Å². The molecule has 0 fully saturated rings. The summed E-state index contributed by atoms with van der Waals surface area (Å²) in [4.78, 5) is 22.2. The summed E-state index contributed by atoms with van der Waals surface area (Å²) >= 11 is 0. The minimum atomic E-state index is -0.678. The van der Waals surface area contributed by atoms with Gasteiger partial charge in [-0.15, -0.1) is 0 Å². The summed E-state index contributed by atoms with van der Waals surface area (Å²) in [6, 6.07) is 3.78. The number of rotatable bonds is 8. The molecule has 8 nitrogen and oxygen atoms in total. The first-order chi connectivity index (χ1) is 9.99. The van der Waals surface area contributed by atoms with Crippen molar-refractivity contribution in [3.8, 4) is 5.75 Å². The molecule has 1 aromatic rings. The van der Waals surface area contributed by atoms with Crippen molar-refractivity contribution in [2.45, 2.75) is 12.5 Å². The molecule has 116 valence electrons. The SMILES string of the molecule is COCC(O)CCNC(=O)c1cc([N+](=O)[O-])ccc1OC. The van der Waals surface area contributed by atoms with Crippen LogP contribution in [0.25, 0.3) is 0 Å². The van der Waals surface area contributed by atoms with Crippen LogP contribution in [0, 0.1) is 10.1 Å². The van der Waals surface area contributed by atoms with Crippen LogP contribution in [0.2, 0.25) is 0 Å². The van der Waals surface area contributed by atoms with Crippen LogP contribution in [0.5, 0.6) is 5.75 Å². The molecular weight excluding hydrogens is 280 g/mol. The van der Waals surface area contributed by atoms with E-state index in [4.69, 9.17) is 9.47 Å². The van der Waals surface area contributed by atoms with Crippen molar-refractivity contribution in [2.75, 3.05) is 27.4 Å². The van der Waals surface area contributed by atoms with E-state index in [1.54, 1.807) is 0 Å². The monoisotopic (exact) mass is 298 g/mol. The Morgan fingerprint density at radius 2 is 2.19 bits per heavy atom. The maximum Gasteiger partial charge on any atom is 0.270 e. The molecule has 0 aromatic heterocycles. The Labute approximate surface area is 121 Å². The lowest BCUT2D eigenvalue weighted by Crippen LogP contribution is -2.28. The van der Waals surface area contributed by atoms with E-state index in [0.29, 0.717) is 6.42 Å². The number of aliphatic hydroxyl groups excluding tert-OH is 1. The predicted molar refractivity (Wildman–Crippen MR) is 74.5 cm³/mol. The van der Waals surface area contributed by atoms with E-state index in [-0.39, 0.29) is 30.2 Å². The molecule has 21 heavy (non-hydrogen) atoms. The second kappa shape index (κ2) is 8.18. The van der Waals surface area contributed by atoms with E-state index in [2.05, 4.69) is 5.32 Å². The van der Waals surface area contributed by atoms with Gasteiger partial charge < -0.3 is 19.9 Å². The average molecular weight is 298 g/mol. The molecule has 8 heteroatoms. The number of ether oxygens (including phenoxy) is 2. The highest BCUT2D eigenvalue weighted by atomic mass is 16.6. The average Bonchev–Trinajstić information content (AvgIpc) is 2.46. The van der Waals surface area contributed by atoms with Crippen LogP contribution in [0.15, 0.2) is 18.2 Å². The van der Waals surface area contributed by atoms with Crippen molar-refractivity contribution >= 4 is 11.6 Å². The predicted octanol–water partition coefficient (Wildman–Crippen LogP) is 0.731. The van der Waals surface area contributed by atoms with E-state index in [0.717, 1.165) is 6.07 Å². The zero-order valence-electron chi connectivity index (χ0n) is 11.9. The molecule has 0 radical (unpaired) electrons. The molecule has 2 N–H and O–H groups in total. The number of carbonyl (C=O) groups is 1. The van der Waals surface area contributed by atoms with E-state index in [9.17, 15) is 20.0 Å². The van der Waals surface area contributed by atoms with Crippen LogP contribution in [0.3, 0.4) is 0 Å². The molecule has 1 amide bonds. The van der Waals surface area contributed by atoms with Gasteiger partial charge in [-0.3, -0.25) is 14.9 Å². The highest BCUT2D eigenvalue weighted by Gasteiger charge is 2.17. The lowest BCUT2D eigenvalue weighted by atomic mass is 10.1. The van der Waals surface area contributed by atoms with Gasteiger partial charge >= 0.3 is 0 Å². The van der Waals surface area contributed by atoms with Gasteiger partial charge in [-0.05, 0) is 12.5 Å². The van der Waals surface area contributed by atoms with Crippen molar-refractivity contribution in [2.24, 2.45) is 0 Å². The van der Waals surface area contributed by atoms with Gasteiger partial charge in [0.05, 0.1) is 30.3 Å². The number of nitrogens with zero attached hydrogens (tertiary/aromatic N) is 1. The van der Waals surface area contributed by atoms with E-state index >= 15 is 0 Å². The summed E-state index contributed by atoms with van der Waals surface area (Å²) in [5, 5.41) is 22.8. The number of benzene rings is 1. The molecular formula is C13H18N2O6. The lowest BCUT2D eigenvalue weighted by Gasteiger charge is -2.11. The van der Waals surface area contributed by atoms with Crippen LogP contribution >= 0.6 is 0 Å². The van der Waals surface area contributed by atoms with Gasteiger partial charge in [-0.2, -0.15) is 0 Å². The van der Waals surface area contributed by atoms with Crippen molar-refractivity contribution in [3.63, 3.8) is 0 Å².